The quantitative estimate of drug-likeness (QED) is 0.800. The molecule has 3 amide bonds. The molecule has 1 aromatic carbocycles. The van der Waals surface area contributed by atoms with Crippen molar-refractivity contribution in [2.45, 2.75) is 50.0 Å². The molecule has 27 heavy (non-hydrogen) atoms. The normalized spacial score (nSPS) is 26.7. The minimum absolute atomic E-state index is 0.156. The molecule has 0 bridgehead atoms. The number of anilines is 1. The number of carbonyl (C=O) groups is 2. The first kappa shape index (κ1) is 16.8. The number of urea groups is 1. The van der Waals surface area contributed by atoms with E-state index in [2.05, 4.69) is 10.3 Å². The average Bonchev–Trinajstić information content (AvgIpc) is 2.91. The zero-order valence-corrected chi connectivity index (χ0v) is 15.6. The Bertz CT molecular complexity index is 952. The molecule has 5 rings (SSSR count). The second-order valence-electron chi connectivity index (χ2n) is 7.78. The highest BCUT2D eigenvalue weighted by Gasteiger charge is 2.59. The molecule has 1 saturated carbocycles. The van der Waals surface area contributed by atoms with E-state index in [4.69, 9.17) is 11.6 Å². The molecule has 138 valence electrons. The van der Waals surface area contributed by atoms with E-state index in [1.54, 1.807) is 6.20 Å². The first-order chi connectivity index (χ1) is 13.1. The van der Waals surface area contributed by atoms with Crippen LogP contribution in [0.15, 0.2) is 36.7 Å². The molecular weight excluding hydrogens is 362 g/mol. The number of amides is 3. The Kier molecular flexibility index (Phi) is 3.76. The zero-order valence-electron chi connectivity index (χ0n) is 14.9. The topological polar surface area (TPSA) is 62.3 Å². The van der Waals surface area contributed by atoms with Gasteiger partial charge in [-0.25, -0.2) is 9.69 Å². The summed E-state index contributed by atoms with van der Waals surface area (Å²) in [5.74, 6) is 0.0299. The fourth-order valence-corrected chi connectivity index (χ4v) is 5.05. The second kappa shape index (κ2) is 6.06. The lowest BCUT2D eigenvalue weighted by atomic mass is 9.65. The van der Waals surface area contributed by atoms with Crippen molar-refractivity contribution in [3.05, 3.63) is 58.4 Å². The summed E-state index contributed by atoms with van der Waals surface area (Å²) in [4.78, 5) is 31.6. The van der Waals surface area contributed by atoms with Crippen molar-refractivity contribution in [3.63, 3.8) is 0 Å². The van der Waals surface area contributed by atoms with Crippen molar-refractivity contribution in [2.75, 3.05) is 4.90 Å². The fraction of sp³-hybridized carbons (Fsp3) is 0.381. The van der Waals surface area contributed by atoms with Crippen molar-refractivity contribution in [3.8, 4) is 0 Å². The van der Waals surface area contributed by atoms with Crippen LogP contribution < -0.4 is 10.2 Å². The van der Waals surface area contributed by atoms with Crippen LogP contribution in [0.3, 0.4) is 0 Å². The number of pyridine rings is 1. The van der Waals surface area contributed by atoms with Gasteiger partial charge < -0.3 is 5.32 Å². The molecule has 2 fully saturated rings. The third kappa shape index (κ3) is 2.48. The SMILES string of the molecule is O=C1NC2(CC(c3ccccc3Cl)C2)C(=O)N1c1cncc2c1CCCC2. The van der Waals surface area contributed by atoms with Gasteiger partial charge in [-0.1, -0.05) is 29.8 Å². The van der Waals surface area contributed by atoms with Crippen LogP contribution in [0.1, 0.15) is 48.3 Å². The van der Waals surface area contributed by atoms with Crippen LogP contribution in [0.4, 0.5) is 10.5 Å². The summed E-state index contributed by atoms with van der Waals surface area (Å²) in [6, 6.07) is 7.38. The lowest BCUT2D eigenvalue weighted by Crippen LogP contribution is -2.56. The Labute approximate surface area is 162 Å². The number of fused-ring (bicyclic) bond motifs is 1. The van der Waals surface area contributed by atoms with E-state index < -0.39 is 5.54 Å². The summed E-state index contributed by atoms with van der Waals surface area (Å²) in [5.41, 5.74) is 3.15. The highest BCUT2D eigenvalue weighted by molar-refractivity contribution is 6.31. The van der Waals surface area contributed by atoms with Crippen molar-refractivity contribution in [1.29, 1.82) is 0 Å². The molecule has 0 radical (unpaired) electrons. The number of halogens is 1. The van der Waals surface area contributed by atoms with Crippen LogP contribution in [-0.4, -0.2) is 22.5 Å². The number of imide groups is 1. The predicted molar refractivity (Wildman–Crippen MR) is 103 cm³/mol. The van der Waals surface area contributed by atoms with Crippen molar-refractivity contribution in [2.24, 2.45) is 0 Å². The Balaban J connectivity index is 1.43. The van der Waals surface area contributed by atoms with Crippen LogP contribution in [0.2, 0.25) is 5.02 Å². The highest BCUT2D eigenvalue weighted by atomic mass is 35.5. The highest BCUT2D eigenvalue weighted by Crippen LogP contribution is 2.50. The number of aryl methyl sites for hydroxylation is 1. The van der Waals surface area contributed by atoms with Gasteiger partial charge in [0.15, 0.2) is 0 Å². The van der Waals surface area contributed by atoms with Crippen molar-refractivity contribution < 1.29 is 9.59 Å². The van der Waals surface area contributed by atoms with Crippen LogP contribution in [-0.2, 0) is 17.6 Å². The van der Waals surface area contributed by atoms with Crippen molar-refractivity contribution in [1.82, 2.24) is 10.3 Å². The maximum atomic E-state index is 13.2. The summed E-state index contributed by atoms with van der Waals surface area (Å²) in [7, 11) is 0. The Morgan fingerprint density at radius 3 is 2.70 bits per heavy atom. The molecule has 6 heteroatoms. The largest absolute Gasteiger partial charge is 0.329 e. The van der Waals surface area contributed by atoms with E-state index in [-0.39, 0.29) is 17.9 Å². The van der Waals surface area contributed by atoms with Crippen LogP contribution >= 0.6 is 11.6 Å². The number of carbonyl (C=O) groups excluding carboxylic acids is 2. The van der Waals surface area contributed by atoms with Crippen LogP contribution in [0, 0.1) is 0 Å². The van der Waals surface area contributed by atoms with Gasteiger partial charge in [-0.05, 0) is 67.2 Å². The third-order valence-electron chi connectivity index (χ3n) is 6.18. The first-order valence-corrected chi connectivity index (χ1v) is 9.84. The molecule has 3 aliphatic rings. The Morgan fingerprint density at radius 1 is 1.11 bits per heavy atom. The number of rotatable bonds is 2. The number of nitrogens with zero attached hydrogens (tertiary/aromatic N) is 2. The van der Waals surface area contributed by atoms with Crippen molar-refractivity contribution >= 4 is 29.2 Å². The van der Waals surface area contributed by atoms with Crippen LogP contribution in [0.25, 0.3) is 0 Å². The molecule has 1 saturated heterocycles. The summed E-state index contributed by atoms with van der Waals surface area (Å²) in [6.07, 6.45) is 8.74. The summed E-state index contributed by atoms with van der Waals surface area (Å²) < 4.78 is 0. The minimum atomic E-state index is -0.807. The number of aromatic nitrogens is 1. The van der Waals surface area contributed by atoms with Gasteiger partial charge in [-0.3, -0.25) is 9.78 Å². The maximum absolute atomic E-state index is 13.2. The smallest absolute Gasteiger partial charge is 0.323 e. The van der Waals surface area contributed by atoms with Gasteiger partial charge in [-0.15, -0.1) is 0 Å². The van der Waals surface area contributed by atoms with E-state index in [0.29, 0.717) is 23.6 Å². The second-order valence-corrected chi connectivity index (χ2v) is 8.19. The third-order valence-corrected chi connectivity index (χ3v) is 6.53. The number of benzene rings is 1. The average molecular weight is 382 g/mol. The molecule has 1 aromatic heterocycles. The summed E-state index contributed by atoms with van der Waals surface area (Å²) in [5, 5.41) is 3.67. The van der Waals surface area contributed by atoms with Gasteiger partial charge in [0.25, 0.3) is 5.91 Å². The molecule has 1 N–H and O–H groups in total. The number of hydrogen-bond donors (Lipinski definition) is 1. The predicted octanol–water partition coefficient (Wildman–Crippen LogP) is 3.99. The van der Waals surface area contributed by atoms with Gasteiger partial charge >= 0.3 is 6.03 Å². The molecule has 5 nitrogen and oxygen atoms in total. The monoisotopic (exact) mass is 381 g/mol. The molecule has 1 aliphatic heterocycles. The Hall–Kier alpha value is -2.40. The molecule has 1 spiro atoms. The van der Waals surface area contributed by atoms with E-state index in [1.165, 1.54) is 4.90 Å². The van der Waals surface area contributed by atoms with E-state index in [0.717, 1.165) is 42.4 Å². The molecule has 2 aromatic rings. The van der Waals surface area contributed by atoms with E-state index in [1.807, 2.05) is 30.5 Å². The summed E-state index contributed by atoms with van der Waals surface area (Å²) >= 11 is 6.30. The Morgan fingerprint density at radius 2 is 1.89 bits per heavy atom. The first-order valence-electron chi connectivity index (χ1n) is 9.46. The molecule has 0 unspecified atom stereocenters. The van der Waals surface area contributed by atoms with Gasteiger partial charge in [0.05, 0.1) is 11.9 Å². The van der Waals surface area contributed by atoms with Gasteiger partial charge in [-0.2, -0.15) is 0 Å². The van der Waals surface area contributed by atoms with E-state index >= 15 is 0 Å². The lowest BCUT2D eigenvalue weighted by molar-refractivity contribution is -0.125. The van der Waals surface area contributed by atoms with E-state index in [9.17, 15) is 9.59 Å². The number of nitrogens with one attached hydrogen (secondary N) is 1. The van der Waals surface area contributed by atoms with Gasteiger partial charge in [0.1, 0.15) is 5.54 Å². The number of hydrogen-bond acceptors (Lipinski definition) is 3. The molecule has 2 heterocycles. The molecule has 0 atom stereocenters. The molecular formula is C21H20ClN3O2. The maximum Gasteiger partial charge on any atom is 0.329 e. The van der Waals surface area contributed by atoms with Crippen LogP contribution in [0.5, 0.6) is 0 Å². The standard InChI is InChI=1S/C21H20ClN3O2/c22-17-8-4-3-6-15(17)14-9-21(10-14)19(26)25(20(27)24-21)18-12-23-11-13-5-1-2-7-16(13)18/h3-4,6,8,11-12,14H,1-2,5,7,9-10H2,(H,24,27). The van der Waals surface area contributed by atoms with Gasteiger partial charge in [0.2, 0.25) is 0 Å². The molecule has 2 aliphatic carbocycles. The zero-order chi connectivity index (χ0) is 18.6. The lowest BCUT2D eigenvalue weighted by Gasteiger charge is -2.43. The van der Waals surface area contributed by atoms with Gasteiger partial charge in [0, 0.05) is 11.2 Å². The minimum Gasteiger partial charge on any atom is -0.323 e. The summed E-state index contributed by atoms with van der Waals surface area (Å²) in [6.45, 7) is 0. The fourth-order valence-electron chi connectivity index (χ4n) is 4.76.